The van der Waals surface area contributed by atoms with Gasteiger partial charge in [0.1, 0.15) is 17.1 Å². The van der Waals surface area contributed by atoms with Gasteiger partial charge in [-0.1, -0.05) is 11.8 Å². The lowest BCUT2D eigenvalue weighted by Crippen LogP contribution is -2.32. The third kappa shape index (κ3) is 5.28. The molecule has 0 saturated heterocycles. The third-order valence-corrected chi connectivity index (χ3v) is 7.56. The quantitative estimate of drug-likeness (QED) is 0.272. The Balaban J connectivity index is 1.68. The summed E-state index contributed by atoms with van der Waals surface area (Å²) in [6.45, 7) is 4.24. The Bertz CT molecular complexity index is 1250. The second kappa shape index (κ2) is 11.1. The Kier molecular flexibility index (Phi) is 7.89. The number of benzene rings is 1. The molecule has 0 radical (unpaired) electrons. The molecule has 1 aliphatic carbocycles. The SMILES string of the molecule is CCOC(=O)CNC(=O)CSc1nc2sc3c(c2c(=O)n1-c1ccc(OCC)cc1)CCCC3. The van der Waals surface area contributed by atoms with Crippen LogP contribution in [0.1, 0.15) is 37.1 Å². The van der Waals surface area contributed by atoms with Crippen molar-refractivity contribution in [2.75, 3.05) is 25.5 Å². The molecule has 1 N–H and O–H groups in total. The van der Waals surface area contributed by atoms with Crippen LogP contribution in [0.15, 0.2) is 34.2 Å². The molecule has 0 saturated carbocycles. The zero-order valence-electron chi connectivity index (χ0n) is 19.2. The molecule has 1 aromatic carbocycles. The van der Waals surface area contributed by atoms with Crippen LogP contribution in [0.5, 0.6) is 5.75 Å². The van der Waals surface area contributed by atoms with E-state index in [1.807, 2.05) is 31.2 Å². The monoisotopic (exact) mass is 501 g/mol. The van der Waals surface area contributed by atoms with Gasteiger partial charge < -0.3 is 14.8 Å². The number of ether oxygens (including phenoxy) is 2. The van der Waals surface area contributed by atoms with E-state index in [2.05, 4.69) is 5.32 Å². The van der Waals surface area contributed by atoms with E-state index in [0.29, 0.717) is 33.4 Å². The first-order chi connectivity index (χ1) is 16.5. The van der Waals surface area contributed by atoms with Crippen LogP contribution in [0, 0.1) is 0 Å². The van der Waals surface area contributed by atoms with Gasteiger partial charge in [0.15, 0.2) is 5.16 Å². The van der Waals surface area contributed by atoms with Crippen molar-refractivity contribution in [3.63, 3.8) is 0 Å². The van der Waals surface area contributed by atoms with E-state index >= 15 is 0 Å². The molecule has 1 aliphatic rings. The molecule has 0 spiro atoms. The van der Waals surface area contributed by atoms with Gasteiger partial charge in [-0.3, -0.25) is 19.0 Å². The summed E-state index contributed by atoms with van der Waals surface area (Å²) in [6, 6.07) is 7.28. The van der Waals surface area contributed by atoms with Crippen LogP contribution >= 0.6 is 23.1 Å². The Morgan fingerprint density at radius 2 is 1.91 bits per heavy atom. The number of esters is 1. The summed E-state index contributed by atoms with van der Waals surface area (Å²) in [7, 11) is 0. The minimum atomic E-state index is -0.490. The standard InChI is InChI=1S/C24H27N3O5S2/c1-3-31-16-11-9-15(10-12-16)27-23(30)21-17-7-5-6-8-18(17)34-22(21)26-24(27)33-14-19(28)25-13-20(29)32-4-2/h9-12H,3-8,13-14H2,1-2H3,(H,25,28). The molecule has 1 amide bonds. The third-order valence-electron chi connectivity index (χ3n) is 5.43. The molecule has 2 aromatic heterocycles. The fraction of sp³-hybridized carbons (Fsp3) is 0.417. The van der Waals surface area contributed by atoms with Gasteiger partial charge in [-0.15, -0.1) is 11.3 Å². The number of hydrogen-bond acceptors (Lipinski definition) is 8. The largest absolute Gasteiger partial charge is 0.494 e. The molecule has 4 rings (SSSR count). The van der Waals surface area contributed by atoms with Crippen LogP contribution in [0.25, 0.3) is 15.9 Å². The van der Waals surface area contributed by atoms with Crippen LogP contribution in [0.3, 0.4) is 0 Å². The van der Waals surface area contributed by atoms with Gasteiger partial charge in [0, 0.05) is 4.88 Å². The minimum absolute atomic E-state index is 0.0134. The number of amides is 1. The highest BCUT2D eigenvalue weighted by Gasteiger charge is 2.23. The van der Waals surface area contributed by atoms with E-state index in [9.17, 15) is 14.4 Å². The summed E-state index contributed by atoms with van der Waals surface area (Å²) in [4.78, 5) is 44.4. The molecule has 0 bridgehead atoms. The number of rotatable bonds is 9. The number of carbonyl (C=O) groups is 2. The van der Waals surface area contributed by atoms with Crippen molar-refractivity contribution in [2.45, 2.75) is 44.7 Å². The maximum atomic E-state index is 13.7. The van der Waals surface area contributed by atoms with Gasteiger partial charge in [0.05, 0.1) is 30.0 Å². The predicted octanol–water partition coefficient (Wildman–Crippen LogP) is 3.50. The second-order valence-corrected chi connectivity index (χ2v) is 9.75. The van der Waals surface area contributed by atoms with Crippen molar-refractivity contribution in [1.29, 1.82) is 0 Å². The van der Waals surface area contributed by atoms with Crippen LogP contribution in [-0.4, -0.2) is 46.9 Å². The van der Waals surface area contributed by atoms with Crippen LogP contribution in [0.2, 0.25) is 0 Å². The van der Waals surface area contributed by atoms with Crippen molar-refractivity contribution in [1.82, 2.24) is 14.9 Å². The number of thioether (sulfide) groups is 1. The summed E-state index contributed by atoms with van der Waals surface area (Å²) in [5.74, 6) is -0.0970. The van der Waals surface area contributed by atoms with Crippen molar-refractivity contribution in [2.24, 2.45) is 0 Å². The number of carbonyl (C=O) groups excluding carboxylic acids is 2. The van der Waals surface area contributed by atoms with Gasteiger partial charge >= 0.3 is 5.97 Å². The summed E-state index contributed by atoms with van der Waals surface area (Å²) in [5, 5.41) is 3.67. The van der Waals surface area contributed by atoms with Gasteiger partial charge in [-0.05, 0) is 69.4 Å². The van der Waals surface area contributed by atoms with E-state index in [1.54, 1.807) is 22.8 Å². The lowest BCUT2D eigenvalue weighted by Gasteiger charge is -2.14. The molecule has 180 valence electrons. The van der Waals surface area contributed by atoms with Crippen molar-refractivity contribution in [3.8, 4) is 11.4 Å². The van der Waals surface area contributed by atoms with E-state index in [4.69, 9.17) is 14.5 Å². The van der Waals surface area contributed by atoms with Gasteiger partial charge in [0.2, 0.25) is 5.91 Å². The summed E-state index contributed by atoms with van der Waals surface area (Å²) in [5.41, 5.74) is 1.66. The lowest BCUT2D eigenvalue weighted by molar-refractivity contribution is -0.143. The normalized spacial score (nSPS) is 12.9. The summed E-state index contributed by atoms with van der Waals surface area (Å²) < 4.78 is 11.9. The number of fused-ring (bicyclic) bond motifs is 3. The molecule has 0 atom stereocenters. The Hall–Kier alpha value is -2.85. The zero-order chi connectivity index (χ0) is 24.1. The zero-order valence-corrected chi connectivity index (χ0v) is 20.9. The maximum absolute atomic E-state index is 13.7. The first kappa shape index (κ1) is 24.3. The van der Waals surface area contributed by atoms with E-state index in [-0.39, 0.29) is 30.4 Å². The molecular formula is C24H27N3O5S2. The van der Waals surface area contributed by atoms with Gasteiger partial charge in [0.25, 0.3) is 5.56 Å². The van der Waals surface area contributed by atoms with Crippen molar-refractivity contribution >= 4 is 45.2 Å². The topological polar surface area (TPSA) is 99.5 Å². The smallest absolute Gasteiger partial charge is 0.325 e. The van der Waals surface area contributed by atoms with Crippen LogP contribution in [0.4, 0.5) is 0 Å². The number of aromatic nitrogens is 2. The number of nitrogens with zero attached hydrogens (tertiary/aromatic N) is 2. The molecule has 8 nitrogen and oxygen atoms in total. The highest BCUT2D eigenvalue weighted by molar-refractivity contribution is 7.99. The van der Waals surface area contributed by atoms with E-state index in [0.717, 1.165) is 31.2 Å². The summed E-state index contributed by atoms with van der Waals surface area (Å²) >= 11 is 2.74. The summed E-state index contributed by atoms with van der Waals surface area (Å²) in [6.07, 6.45) is 4.05. The van der Waals surface area contributed by atoms with Gasteiger partial charge in [-0.25, -0.2) is 4.98 Å². The fourth-order valence-corrected chi connectivity index (χ4v) is 6.08. The molecule has 3 aromatic rings. The first-order valence-corrected chi connectivity index (χ1v) is 13.2. The number of aryl methyl sites for hydroxylation is 2. The molecule has 2 heterocycles. The van der Waals surface area contributed by atoms with Gasteiger partial charge in [-0.2, -0.15) is 0 Å². The van der Waals surface area contributed by atoms with Crippen molar-refractivity contribution < 1.29 is 19.1 Å². The number of hydrogen-bond donors (Lipinski definition) is 1. The van der Waals surface area contributed by atoms with Crippen LogP contribution < -0.4 is 15.6 Å². The maximum Gasteiger partial charge on any atom is 0.325 e. The fourth-order valence-electron chi connectivity index (χ4n) is 3.93. The predicted molar refractivity (Wildman–Crippen MR) is 133 cm³/mol. The Labute approximate surface area is 205 Å². The Morgan fingerprint density at radius 1 is 1.15 bits per heavy atom. The second-order valence-electron chi connectivity index (χ2n) is 7.72. The molecule has 0 fully saturated rings. The average Bonchev–Trinajstić information content (AvgIpc) is 3.21. The Morgan fingerprint density at radius 3 is 2.65 bits per heavy atom. The minimum Gasteiger partial charge on any atom is -0.494 e. The lowest BCUT2D eigenvalue weighted by atomic mass is 9.97. The highest BCUT2D eigenvalue weighted by atomic mass is 32.2. The average molecular weight is 502 g/mol. The van der Waals surface area contributed by atoms with Crippen molar-refractivity contribution in [3.05, 3.63) is 45.1 Å². The number of nitrogens with one attached hydrogen (secondary N) is 1. The number of thiophene rings is 1. The first-order valence-electron chi connectivity index (χ1n) is 11.4. The molecule has 34 heavy (non-hydrogen) atoms. The van der Waals surface area contributed by atoms with E-state index < -0.39 is 5.97 Å². The molecule has 10 heteroatoms. The molecule has 0 aliphatic heterocycles. The molecular weight excluding hydrogens is 474 g/mol. The highest BCUT2D eigenvalue weighted by Crippen LogP contribution is 2.35. The van der Waals surface area contributed by atoms with E-state index in [1.165, 1.54) is 16.6 Å². The molecule has 0 unspecified atom stereocenters. The van der Waals surface area contributed by atoms with Crippen LogP contribution in [-0.2, 0) is 27.2 Å².